The van der Waals surface area contributed by atoms with Crippen LogP contribution < -0.4 is 0 Å². The standard InChI is InChI=1S/C11H19NO/c1-4-5-6-12-8-9(2)11(13)7-10(12)3/h4-5,9-10H,6-8H2,1-3H3. The monoisotopic (exact) mass is 181 g/mol. The normalized spacial score (nSPS) is 31.5. The lowest BCUT2D eigenvalue weighted by Gasteiger charge is -2.34. The maximum Gasteiger partial charge on any atom is 0.138 e. The van der Waals surface area contributed by atoms with Crippen LogP contribution in [0.3, 0.4) is 0 Å². The van der Waals surface area contributed by atoms with Crippen LogP contribution in [0, 0.1) is 5.92 Å². The second-order valence-corrected chi connectivity index (χ2v) is 3.94. The molecule has 2 heteroatoms. The van der Waals surface area contributed by atoms with Gasteiger partial charge in [0.2, 0.25) is 0 Å². The molecule has 2 atom stereocenters. The highest BCUT2D eigenvalue weighted by molar-refractivity contribution is 5.82. The maximum absolute atomic E-state index is 11.4. The number of allylic oxidation sites excluding steroid dienone is 1. The van der Waals surface area contributed by atoms with Gasteiger partial charge in [-0.1, -0.05) is 19.1 Å². The van der Waals surface area contributed by atoms with Crippen molar-refractivity contribution in [1.82, 2.24) is 4.90 Å². The van der Waals surface area contributed by atoms with Gasteiger partial charge in [0.1, 0.15) is 5.78 Å². The van der Waals surface area contributed by atoms with Gasteiger partial charge in [0.25, 0.3) is 0 Å². The average molecular weight is 181 g/mol. The number of rotatable bonds is 2. The van der Waals surface area contributed by atoms with Crippen molar-refractivity contribution < 1.29 is 4.79 Å². The fourth-order valence-electron chi connectivity index (χ4n) is 1.75. The molecule has 1 aliphatic heterocycles. The summed E-state index contributed by atoms with van der Waals surface area (Å²) in [6, 6.07) is 0.417. The molecule has 13 heavy (non-hydrogen) atoms. The third-order valence-electron chi connectivity index (χ3n) is 2.75. The van der Waals surface area contributed by atoms with Gasteiger partial charge in [0.15, 0.2) is 0 Å². The fourth-order valence-corrected chi connectivity index (χ4v) is 1.75. The quantitative estimate of drug-likeness (QED) is 0.606. The summed E-state index contributed by atoms with van der Waals surface area (Å²) in [7, 11) is 0. The Morgan fingerprint density at radius 3 is 2.85 bits per heavy atom. The molecule has 1 fully saturated rings. The second kappa shape index (κ2) is 4.56. The zero-order valence-electron chi connectivity index (χ0n) is 8.79. The SMILES string of the molecule is CC=CCN1CC(C)C(=O)CC1C. The number of hydrogen-bond acceptors (Lipinski definition) is 2. The van der Waals surface area contributed by atoms with Crippen LogP contribution in [-0.4, -0.2) is 29.8 Å². The number of carbonyl (C=O) groups excluding carboxylic acids is 1. The van der Waals surface area contributed by atoms with Crippen LogP contribution in [0.4, 0.5) is 0 Å². The van der Waals surface area contributed by atoms with Gasteiger partial charge in [-0.25, -0.2) is 0 Å². The van der Waals surface area contributed by atoms with E-state index in [1.165, 1.54) is 0 Å². The van der Waals surface area contributed by atoms with E-state index < -0.39 is 0 Å². The van der Waals surface area contributed by atoms with Gasteiger partial charge in [-0.15, -0.1) is 0 Å². The molecule has 1 saturated heterocycles. The van der Waals surface area contributed by atoms with E-state index in [1.54, 1.807) is 0 Å². The van der Waals surface area contributed by atoms with E-state index in [-0.39, 0.29) is 5.92 Å². The van der Waals surface area contributed by atoms with Crippen molar-refractivity contribution in [2.45, 2.75) is 33.2 Å². The fraction of sp³-hybridized carbons (Fsp3) is 0.727. The third kappa shape index (κ3) is 2.66. The second-order valence-electron chi connectivity index (χ2n) is 3.94. The van der Waals surface area contributed by atoms with Crippen LogP contribution in [0.1, 0.15) is 27.2 Å². The van der Waals surface area contributed by atoms with Crippen molar-refractivity contribution in [2.24, 2.45) is 5.92 Å². The first-order chi connectivity index (χ1) is 6.15. The van der Waals surface area contributed by atoms with E-state index in [2.05, 4.69) is 24.0 Å². The van der Waals surface area contributed by atoms with Crippen LogP contribution in [0.2, 0.25) is 0 Å². The number of ketones is 1. The molecule has 1 heterocycles. The summed E-state index contributed by atoms with van der Waals surface area (Å²) < 4.78 is 0. The Kier molecular flexibility index (Phi) is 3.67. The zero-order chi connectivity index (χ0) is 9.84. The number of piperidine rings is 1. The van der Waals surface area contributed by atoms with Crippen molar-refractivity contribution in [3.05, 3.63) is 12.2 Å². The van der Waals surface area contributed by atoms with Gasteiger partial charge in [0.05, 0.1) is 0 Å². The Balaban J connectivity index is 2.51. The van der Waals surface area contributed by atoms with E-state index in [1.807, 2.05) is 13.8 Å². The van der Waals surface area contributed by atoms with E-state index in [4.69, 9.17) is 0 Å². The summed E-state index contributed by atoms with van der Waals surface area (Å²) in [5, 5.41) is 0. The summed E-state index contributed by atoms with van der Waals surface area (Å²) in [4.78, 5) is 13.7. The molecule has 0 aromatic carbocycles. The molecule has 0 saturated carbocycles. The summed E-state index contributed by atoms with van der Waals surface area (Å²) in [5.41, 5.74) is 0. The van der Waals surface area contributed by atoms with E-state index in [0.29, 0.717) is 11.8 Å². The molecular formula is C11H19NO. The van der Waals surface area contributed by atoms with Gasteiger partial charge in [-0.3, -0.25) is 9.69 Å². The van der Waals surface area contributed by atoms with Gasteiger partial charge in [-0.2, -0.15) is 0 Å². The van der Waals surface area contributed by atoms with E-state index in [0.717, 1.165) is 19.5 Å². The highest BCUT2D eigenvalue weighted by Crippen LogP contribution is 2.17. The molecular weight excluding hydrogens is 162 g/mol. The number of hydrogen-bond donors (Lipinski definition) is 0. The Hall–Kier alpha value is -0.630. The maximum atomic E-state index is 11.4. The molecule has 0 radical (unpaired) electrons. The summed E-state index contributed by atoms with van der Waals surface area (Å²) in [6.45, 7) is 8.09. The van der Waals surface area contributed by atoms with Gasteiger partial charge in [0, 0.05) is 31.5 Å². The third-order valence-corrected chi connectivity index (χ3v) is 2.75. The zero-order valence-corrected chi connectivity index (χ0v) is 8.79. The first-order valence-corrected chi connectivity index (χ1v) is 5.03. The number of carbonyl (C=O) groups is 1. The molecule has 0 aliphatic carbocycles. The van der Waals surface area contributed by atoms with Crippen molar-refractivity contribution >= 4 is 5.78 Å². The highest BCUT2D eigenvalue weighted by Gasteiger charge is 2.27. The molecule has 74 valence electrons. The van der Waals surface area contributed by atoms with Gasteiger partial charge >= 0.3 is 0 Å². The Bertz CT molecular complexity index is 210. The molecule has 1 rings (SSSR count). The molecule has 0 aromatic heterocycles. The van der Waals surface area contributed by atoms with Crippen LogP contribution in [0.5, 0.6) is 0 Å². The van der Waals surface area contributed by atoms with Gasteiger partial charge in [-0.05, 0) is 13.8 Å². The summed E-state index contributed by atoms with van der Waals surface area (Å²) in [5.74, 6) is 0.644. The van der Waals surface area contributed by atoms with Crippen LogP contribution in [0.25, 0.3) is 0 Å². The lowest BCUT2D eigenvalue weighted by Crippen LogP contribution is -2.45. The molecule has 0 aromatic rings. The summed E-state index contributed by atoms with van der Waals surface area (Å²) in [6.07, 6.45) is 4.94. The van der Waals surface area contributed by atoms with Crippen molar-refractivity contribution in [3.63, 3.8) is 0 Å². The molecule has 1 aliphatic rings. The Morgan fingerprint density at radius 2 is 2.23 bits per heavy atom. The number of likely N-dealkylation sites (tertiary alicyclic amines) is 1. The van der Waals surface area contributed by atoms with E-state index in [9.17, 15) is 4.79 Å². The summed E-state index contributed by atoms with van der Waals surface area (Å²) >= 11 is 0. The molecule has 2 nitrogen and oxygen atoms in total. The lowest BCUT2D eigenvalue weighted by atomic mass is 9.93. The number of Topliss-reactive ketones (excluding diaryl/α,β-unsaturated/α-hetero) is 1. The first-order valence-electron chi connectivity index (χ1n) is 5.03. The predicted octanol–water partition coefficient (Wildman–Crippen LogP) is 1.86. The largest absolute Gasteiger partial charge is 0.299 e. The smallest absolute Gasteiger partial charge is 0.138 e. The molecule has 0 N–H and O–H groups in total. The van der Waals surface area contributed by atoms with Crippen LogP contribution >= 0.6 is 0 Å². The minimum Gasteiger partial charge on any atom is -0.299 e. The Morgan fingerprint density at radius 1 is 1.54 bits per heavy atom. The highest BCUT2D eigenvalue weighted by atomic mass is 16.1. The van der Waals surface area contributed by atoms with Crippen LogP contribution in [-0.2, 0) is 4.79 Å². The van der Waals surface area contributed by atoms with Crippen molar-refractivity contribution in [1.29, 1.82) is 0 Å². The molecule has 0 spiro atoms. The average Bonchev–Trinajstić information content (AvgIpc) is 2.09. The minimum absolute atomic E-state index is 0.224. The lowest BCUT2D eigenvalue weighted by molar-refractivity contribution is -0.127. The minimum atomic E-state index is 0.224. The topological polar surface area (TPSA) is 20.3 Å². The molecule has 0 bridgehead atoms. The first kappa shape index (κ1) is 10.5. The van der Waals surface area contributed by atoms with Crippen molar-refractivity contribution in [3.8, 4) is 0 Å². The van der Waals surface area contributed by atoms with Crippen molar-refractivity contribution in [2.75, 3.05) is 13.1 Å². The number of nitrogens with zero attached hydrogens (tertiary/aromatic N) is 1. The van der Waals surface area contributed by atoms with Crippen LogP contribution in [0.15, 0.2) is 12.2 Å². The predicted molar refractivity (Wildman–Crippen MR) is 54.6 cm³/mol. The molecule has 2 unspecified atom stereocenters. The molecule has 0 amide bonds. The van der Waals surface area contributed by atoms with Gasteiger partial charge < -0.3 is 0 Å². The van der Waals surface area contributed by atoms with E-state index >= 15 is 0 Å². The Labute approximate surface area is 80.6 Å².